The highest BCUT2D eigenvalue weighted by Crippen LogP contribution is 2.35. The molecule has 3 nitrogen and oxygen atoms in total. The summed E-state index contributed by atoms with van der Waals surface area (Å²) in [6, 6.07) is 4.78. The second-order valence-electron chi connectivity index (χ2n) is 5.47. The van der Waals surface area contributed by atoms with Gasteiger partial charge < -0.3 is 5.32 Å². The maximum Gasteiger partial charge on any atom is 0.129 e. The zero-order valence-corrected chi connectivity index (χ0v) is 11.5. The van der Waals surface area contributed by atoms with Crippen LogP contribution in [0.25, 0.3) is 0 Å². The molecule has 0 aromatic carbocycles. The van der Waals surface area contributed by atoms with Gasteiger partial charge in [0.1, 0.15) is 5.15 Å². The standard InChI is InChI=1S/C14H20ClN3/c1-2-13-12-7-16-6-11(12)9-18(13)8-10-3-4-17-14(15)5-10/h3-5,11-13,16H,2,6-9H2,1H3. The number of hydrogen-bond acceptors (Lipinski definition) is 3. The molecule has 0 bridgehead atoms. The summed E-state index contributed by atoms with van der Waals surface area (Å²) in [5.41, 5.74) is 1.28. The smallest absolute Gasteiger partial charge is 0.129 e. The van der Waals surface area contributed by atoms with E-state index < -0.39 is 0 Å². The van der Waals surface area contributed by atoms with E-state index in [0.717, 1.165) is 24.4 Å². The Hall–Kier alpha value is -0.640. The predicted molar refractivity (Wildman–Crippen MR) is 73.6 cm³/mol. The van der Waals surface area contributed by atoms with Crippen molar-refractivity contribution in [3.63, 3.8) is 0 Å². The molecule has 0 spiro atoms. The SMILES string of the molecule is CCC1C2CNCC2CN1Cc1ccnc(Cl)c1. The number of rotatable bonds is 3. The first-order valence-electron chi connectivity index (χ1n) is 6.83. The fourth-order valence-corrected chi connectivity index (χ4v) is 3.83. The van der Waals surface area contributed by atoms with Gasteiger partial charge in [-0.2, -0.15) is 0 Å². The average molecular weight is 266 g/mol. The lowest BCUT2D eigenvalue weighted by molar-refractivity contribution is 0.210. The maximum atomic E-state index is 5.96. The van der Waals surface area contributed by atoms with Crippen LogP contribution in [0.1, 0.15) is 18.9 Å². The first-order chi connectivity index (χ1) is 8.78. The molecule has 1 N–H and O–H groups in total. The Morgan fingerprint density at radius 2 is 2.39 bits per heavy atom. The number of fused-ring (bicyclic) bond motifs is 1. The molecule has 3 rings (SSSR count). The van der Waals surface area contributed by atoms with Crippen LogP contribution < -0.4 is 5.32 Å². The molecule has 3 atom stereocenters. The summed E-state index contributed by atoms with van der Waals surface area (Å²) in [5.74, 6) is 1.68. The Labute approximate surface area is 114 Å². The molecule has 0 amide bonds. The van der Waals surface area contributed by atoms with Gasteiger partial charge in [0, 0.05) is 25.3 Å². The normalized spacial score (nSPS) is 31.8. The quantitative estimate of drug-likeness (QED) is 0.849. The van der Waals surface area contributed by atoms with Gasteiger partial charge in [-0.15, -0.1) is 0 Å². The van der Waals surface area contributed by atoms with Gasteiger partial charge in [0.2, 0.25) is 0 Å². The maximum absolute atomic E-state index is 5.96. The molecule has 2 saturated heterocycles. The number of nitrogens with zero attached hydrogens (tertiary/aromatic N) is 2. The largest absolute Gasteiger partial charge is 0.316 e. The van der Waals surface area contributed by atoms with Crippen LogP contribution >= 0.6 is 11.6 Å². The first-order valence-corrected chi connectivity index (χ1v) is 7.21. The van der Waals surface area contributed by atoms with E-state index in [9.17, 15) is 0 Å². The van der Waals surface area contributed by atoms with Gasteiger partial charge in [0.15, 0.2) is 0 Å². The average Bonchev–Trinajstić information content (AvgIpc) is 2.89. The third-order valence-electron chi connectivity index (χ3n) is 4.42. The third-order valence-corrected chi connectivity index (χ3v) is 4.63. The van der Waals surface area contributed by atoms with Crippen molar-refractivity contribution in [1.29, 1.82) is 0 Å². The second kappa shape index (κ2) is 5.16. The van der Waals surface area contributed by atoms with Crippen LogP contribution in [0.15, 0.2) is 18.3 Å². The summed E-state index contributed by atoms with van der Waals surface area (Å²) in [6.07, 6.45) is 3.04. The number of pyridine rings is 1. The van der Waals surface area contributed by atoms with Crippen molar-refractivity contribution in [3.05, 3.63) is 29.0 Å². The van der Waals surface area contributed by atoms with Crippen LogP contribution in [-0.2, 0) is 6.54 Å². The van der Waals surface area contributed by atoms with Gasteiger partial charge in [-0.1, -0.05) is 18.5 Å². The first kappa shape index (κ1) is 12.4. The fraction of sp³-hybridized carbons (Fsp3) is 0.643. The van der Waals surface area contributed by atoms with E-state index in [4.69, 9.17) is 11.6 Å². The summed E-state index contributed by atoms with van der Waals surface area (Å²) in [5, 5.41) is 4.12. The van der Waals surface area contributed by atoms with Crippen LogP contribution in [0.2, 0.25) is 5.15 Å². The molecule has 1 aromatic heterocycles. The Bertz CT molecular complexity index is 423. The lowest BCUT2D eigenvalue weighted by atomic mass is 9.93. The molecule has 18 heavy (non-hydrogen) atoms. The molecule has 2 aliphatic heterocycles. The van der Waals surface area contributed by atoms with E-state index in [1.54, 1.807) is 6.20 Å². The number of aromatic nitrogens is 1. The molecular formula is C14H20ClN3. The highest BCUT2D eigenvalue weighted by Gasteiger charge is 2.42. The van der Waals surface area contributed by atoms with Crippen LogP contribution in [0.4, 0.5) is 0 Å². The van der Waals surface area contributed by atoms with E-state index in [1.807, 2.05) is 6.07 Å². The van der Waals surface area contributed by atoms with Crippen molar-refractivity contribution in [2.75, 3.05) is 19.6 Å². The Balaban J connectivity index is 1.73. The van der Waals surface area contributed by atoms with Gasteiger partial charge in [-0.25, -0.2) is 4.98 Å². The molecule has 2 aliphatic rings. The summed E-state index contributed by atoms with van der Waals surface area (Å²) < 4.78 is 0. The summed E-state index contributed by atoms with van der Waals surface area (Å²) in [7, 11) is 0. The van der Waals surface area contributed by atoms with Crippen molar-refractivity contribution in [1.82, 2.24) is 15.2 Å². The van der Waals surface area contributed by atoms with Crippen molar-refractivity contribution < 1.29 is 0 Å². The minimum Gasteiger partial charge on any atom is -0.316 e. The van der Waals surface area contributed by atoms with Gasteiger partial charge in [0.25, 0.3) is 0 Å². The highest BCUT2D eigenvalue weighted by molar-refractivity contribution is 6.29. The molecule has 0 radical (unpaired) electrons. The topological polar surface area (TPSA) is 28.2 Å². The van der Waals surface area contributed by atoms with Crippen LogP contribution in [0.3, 0.4) is 0 Å². The molecule has 98 valence electrons. The summed E-state index contributed by atoms with van der Waals surface area (Å²) in [4.78, 5) is 6.67. The van der Waals surface area contributed by atoms with E-state index in [2.05, 4.69) is 28.2 Å². The van der Waals surface area contributed by atoms with Crippen molar-refractivity contribution in [2.45, 2.75) is 25.9 Å². The molecule has 1 aromatic rings. The van der Waals surface area contributed by atoms with E-state index >= 15 is 0 Å². The Kier molecular flexibility index (Phi) is 3.55. The molecule has 4 heteroatoms. The van der Waals surface area contributed by atoms with E-state index in [1.165, 1.54) is 31.6 Å². The number of hydrogen-bond donors (Lipinski definition) is 1. The molecule has 3 unspecified atom stereocenters. The zero-order valence-electron chi connectivity index (χ0n) is 10.8. The van der Waals surface area contributed by atoms with Gasteiger partial charge in [0.05, 0.1) is 0 Å². The minimum absolute atomic E-state index is 0.599. The van der Waals surface area contributed by atoms with Gasteiger partial charge in [-0.05, 0) is 49.0 Å². The molecule has 0 saturated carbocycles. The van der Waals surface area contributed by atoms with Crippen molar-refractivity contribution in [3.8, 4) is 0 Å². The fourth-order valence-electron chi connectivity index (χ4n) is 3.63. The van der Waals surface area contributed by atoms with E-state index in [0.29, 0.717) is 5.15 Å². The molecule has 3 heterocycles. The third kappa shape index (κ3) is 2.27. The number of halogens is 1. The molecule has 0 aliphatic carbocycles. The van der Waals surface area contributed by atoms with E-state index in [-0.39, 0.29) is 0 Å². The predicted octanol–water partition coefficient (Wildman–Crippen LogP) is 2.16. The highest BCUT2D eigenvalue weighted by atomic mass is 35.5. The van der Waals surface area contributed by atoms with Crippen LogP contribution in [0.5, 0.6) is 0 Å². The lowest BCUT2D eigenvalue weighted by Crippen LogP contribution is -2.34. The summed E-state index contributed by atoms with van der Waals surface area (Å²) in [6.45, 7) is 6.91. The Morgan fingerprint density at radius 1 is 1.50 bits per heavy atom. The molecule has 2 fully saturated rings. The van der Waals surface area contributed by atoms with Crippen LogP contribution in [-0.4, -0.2) is 35.6 Å². The number of likely N-dealkylation sites (tertiary alicyclic amines) is 1. The molecular weight excluding hydrogens is 246 g/mol. The van der Waals surface area contributed by atoms with Gasteiger partial charge >= 0.3 is 0 Å². The monoisotopic (exact) mass is 265 g/mol. The Morgan fingerprint density at radius 3 is 3.17 bits per heavy atom. The second-order valence-corrected chi connectivity index (χ2v) is 5.86. The zero-order chi connectivity index (χ0) is 12.5. The minimum atomic E-state index is 0.599. The van der Waals surface area contributed by atoms with Crippen molar-refractivity contribution in [2.24, 2.45) is 11.8 Å². The van der Waals surface area contributed by atoms with Gasteiger partial charge in [-0.3, -0.25) is 4.90 Å². The lowest BCUT2D eigenvalue weighted by Gasteiger charge is -2.26. The van der Waals surface area contributed by atoms with Crippen LogP contribution in [0, 0.1) is 11.8 Å². The number of nitrogens with one attached hydrogen (secondary N) is 1. The summed E-state index contributed by atoms with van der Waals surface area (Å²) >= 11 is 5.96. The van der Waals surface area contributed by atoms with Crippen molar-refractivity contribution >= 4 is 11.6 Å².